The van der Waals surface area contributed by atoms with Gasteiger partial charge in [0.15, 0.2) is 0 Å². The summed E-state index contributed by atoms with van der Waals surface area (Å²) in [5, 5.41) is 8.49. The van der Waals surface area contributed by atoms with Crippen LogP contribution in [0.15, 0.2) is 24.3 Å². The van der Waals surface area contributed by atoms with Crippen molar-refractivity contribution < 1.29 is 23.1 Å². The molecule has 1 aliphatic heterocycles. The quantitative estimate of drug-likeness (QED) is 0.690. The second kappa shape index (κ2) is 7.04. The van der Waals surface area contributed by atoms with Crippen LogP contribution in [0.4, 0.5) is 4.79 Å². The number of carbonyl (C=O) groups excluding carboxylic acids is 1. The number of carboxylic acid groups (broad SMARTS) is 1. The Balaban J connectivity index is 1.66. The van der Waals surface area contributed by atoms with E-state index in [2.05, 4.69) is 25.5 Å². The van der Waals surface area contributed by atoms with Crippen LogP contribution in [0.5, 0.6) is 0 Å². The second-order valence-corrected chi connectivity index (χ2v) is 10.6. The summed E-state index contributed by atoms with van der Waals surface area (Å²) in [6, 6.07) is 6.97. The Bertz CT molecular complexity index is 881. The van der Waals surface area contributed by atoms with Gasteiger partial charge in [-0.25, -0.2) is 9.52 Å². The van der Waals surface area contributed by atoms with Gasteiger partial charge in [-0.2, -0.15) is 13.1 Å². The number of nitrogens with zero attached hydrogens (tertiary/aromatic N) is 1. The molecule has 2 bridgehead atoms. The van der Waals surface area contributed by atoms with Gasteiger partial charge in [-0.1, -0.05) is 32.9 Å². The summed E-state index contributed by atoms with van der Waals surface area (Å²) in [5.41, 5.74) is 1.60. The molecular formula is C19H27N3O5S. The lowest BCUT2D eigenvalue weighted by atomic mass is 9.65. The standard InChI is InChI=1S/C19H27N3O5S/c1-18(2)8-15-9-19(3,11-18)12-22(15)16(23)14-6-4-13(5-7-14)10-20-28(26,27)21-17(24)25/h4-7,15,20-21H,8-12H2,1-3H3,(H,24,25). The highest BCUT2D eigenvalue weighted by molar-refractivity contribution is 7.88. The lowest BCUT2D eigenvalue weighted by Crippen LogP contribution is -2.39. The van der Waals surface area contributed by atoms with Crippen LogP contribution in [0.2, 0.25) is 0 Å². The van der Waals surface area contributed by atoms with Gasteiger partial charge in [0, 0.05) is 24.7 Å². The number of hydrogen-bond acceptors (Lipinski definition) is 4. The molecule has 9 heteroatoms. The van der Waals surface area contributed by atoms with Crippen molar-refractivity contribution in [3.63, 3.8) is 0 Å². The average molecular weight is 410 g/mol. The number of rotatable bonds is 5. The van der Waals surface area contributed by atoms with Crippen LogP contribution in [0.1, 0.15) is 56.0 Å². The maximum absolute atomic E-state index is 13.0. The van der Waals surface area contributed by atoms with Gasteiger partial charge in [-0.3, -0.25) is 4.79 Å². The number of hydrogen-bond donors (Lipinski definition) is 3. The number of carbonyl (C=O) groups is 2. The smallest absolute Gasteiger partial charge is 0.419 e. The Kier molecular flexibility index (Phi) is 5.18. The Morgan fingerprint density at radius 3 is 2.43 bits per heavy atom. The largest absolute Gasteiger partial charge is 0.464 e. The highest BCUT2D eigenvalue weighted by Crippen LogP contribution is 2.52. The first-order valence-corrected chi connectivity index (χ1v) is 10.8. The predicted octanol–water partition coefficient (Wildman–Crippen LogP) is 2.33. The van der Waals surface area contributed by atoms with Crippen molar-refractivity contribution in [3.05, 3.63) is 35.4 Å². The molecule has 0 aromatic heterocycles. The first kappa shape index (κ1) is 20.6. The first-order valence-electron chi connectivity index (χ1n) is 9.28. The van der Waals surface area contributed by atoms with Gasteiger partial charge in [0.2, 0.25) is 0 Å². The fraction of sp³-hybridized carbons (Fsp3) is 0.579. The number of fused-ring (bicyclic) bond motifs is 2. The average Bonchev–Trinajstić information content (AvgIpc) is 2.80. The monoisotopic (exact) mass is 409 g/mol. The maximum Gasteiger partial charge on any atom is 0.419 e. The van der Waals surface area contributed by atoms with Gasteiger partial charge < -0.3 is 10.0 Å². The van der Waals surface area contributed by atoms with Crippen LogP contribution in [0.25, 0.3) is 0 Å². The molecule has 3 N–H and O–H groups in total. The first-order chi connectivity index (χ1) is 12.9. The van der Waals surface area contributed by atoms with E-state index in [0.29, 0.717) is 11.1 Å². The van der Waals surface area contributed by atoms with Gasteiger partial charge in [-0.15, -0.1) is 0 Å². The molecule has 154 valence electrons. The fourth-order valence-electron chi connectivity index (χ4n) is 4.96. The molecule has 1 aliphatic carbocycles. The number of likely N-dealkylation sites (tertiary alicyclic amines) is 1. The topological polar surface area (TPSA) is 116 Å². The van der Waals surface area contributed by atoms with E-state index in [9.17, 15) is 18.0 Å². The van der Waals surface area contributed by atoms with Crippen molar-refractivity contribution in [2.75, 3.05) is 6.54 Å². The summed E-state index contributed by atoms with van der Waals surface area (Å²) in [4.78, 5) is 25.5. The van der Waals surface area contributed by atoms with Crippen molar-refractivity contribution in [1.82, 2.24) is 14.3 Å². The van der Waals surface area contributed by atoms with Crippen LogP contribution in [0, 0.1) is 10.8 Å². The molecule has 2 aliphatic rings. The van der Waals surface area contributed by atoms with Gasteiger partial charge >= 0.3 is 16.3 Å². The van der Waals surface area contributed by atoms with Crippen LogP contribution >= 0.6 is 0 Å². The van der Waals surface area contributed by atoms with Gasteiger partial charge in [0.05, 0.1) is 0 Å². The van der Waals surface area contributed by atoms with Crippen molar-refractivity contribution in [2.24, 2.45) is 10.8 Å². The minimum Gasteiger partial charge on any atom is -0.464 e. The van der Waals surface area contributed by atoms with Gasteiger partial charge in [-0.05, 0) is 47.8 Å². The number of benzene rings is 1. The Labute approximate surface area is 165 Å². The van der Waals surface area contributed by atoms with Crippen molar-refractivity contribution >= 4 is 22.2 Å². The van der Waals surface area contributed by atoms with E-state index in [4.69, 9.17) is 5.11 Å². The van der Waals surface area contributed by atoms with E-state index in [1.54, 1.807) is 24.3 Å². The molecule has 8 nitrogen and oxygen atoms in total. The molecule has 28 heavy (non-hydrogen) atoms. The van der Waals surface area contributed by atoms with E-state index in [-0.39, 0.29) is 29.3 Å². The van der Waals surface area contributed by atoms with E-state index < -0.39 is 16.3 Å². The molecule has 3 rings (SSSR count). The molecule has 0 radical (unpaired) electrons. The SMILES string of the molecule is CC1(C)CC2CC(C)(CN2C(=O)c2ccc(CNS(=O)(=O)NC(=O)O)cc2)C1. The minimum atomic E-state index is -4.12. The van der Waals surface area contributed by atoms with E-state index in [1.807, 2.05) is 4.90 Å². The van der Waals surface area contributed by atoms with Crippen LogP contribution in [0.3, 0.4) is 0 Å². The van der Waals surface area contributed by atoms with E-state index >= 15 is 0 Å². The zero-order valence-corrected chi connectivity index (χ0v) is 17.2. The zero-order valence-electron chi connectivity index (χ0n) is 16.4. The Hall–Kier alpha value is -2.13. The van der Waals surface area contributed by atoms with Crippen molar-refractivity contribution in [1.29, 1.82) is 0 Å². The zero-order chi connectivity index (χ0) is 20.7. The summed E-state index contributed by atoms with van der Waals surface area (Å²) >= 11 is 0. The highest BCUT2D eigenvalue weighted by Gasteiger charge is 2.50. The van der Waals surface area contributed by atoms with Crippen molar-refractivity contribution in [3.8, 4) is 0 Å². The maximum atomic E-state index is 13.0. The molecule has 1 saturated heterocycles. The highest BCUT2D eigenvalue weighted by atomic mass is 32.2. The minimum absolute atomic E-state index is 0.00565. The number of nitrogens with one attached hydrogen (secondary N) is 2. The third kappa shape index (κ3) is 4.64. The second-order valence-electron chi connectivity index (χ2n) is 9.08. The van der Waals surface area contributed by atoms with Gasteiger partial charge in [0.1, 0.15) is 0 Å². The van der Waals surface area contributed by atoms with Crippen LogP contribution in [-0.2, 0) is 16.8 Å². The third-order valence-corrected chi connectivity index (χ3v) is 6.53. The summed E-state index contributed by atoms with van der Waals surface area (Å²) in [7, 11) is -4.12. The molecule has 2 unspecified atom stereocenters. The summed E-state index contributed by atoms with van der Waals surface area (Å²) < 4.78 is 26.5. The fourth-order valence-corrected chi connectivity index (χ4v) is 5.62. The van der Waals surface area contributed by atoms with Crippen LogP contribution in [-0.4, -0.2) is 43.0 Å². The lowest BCUT2D eigenvalue weighted by molar-refractivity contribution is 0.0708. The summed E-state index contributed by atoms with van der Waals surface area (Å²) in [5.74, 6) is 0.00565. The third-order valence-electron chi connectivity index (χ3n) is 5.56. The molecule has 1 aromatic carbocycles. The van der Waals surface area contributed by atoms with Gasteiger partial charge in [0.25, 0.3) is 5.91 Å². The molecule has 2 atom stereocenters. The predicted molar refractivity (Wildman–Crippen MR) is 104 cm³/mol. The normalized spacial score (nSPS) is 26.1. The molecule has 1 aromatic rings. The summed E-state index contributed by atoms with van der Waals surface area (Å²) in [6.45, 7) is 7.48. The summed E-state index contributed by atoms with van der Waals surface area (Å²) in [6.07, 6.45) is 1.51. The Morgan fingerprint density at radius 2 is 1.82 bits per heavy atom. The number of amides is 2. The molecule has 2 amide bonds. The van der Waals surface area contributed by atoms with E-state index in [0.717, 1.165) is 25.8 Å². The molecular weight excluding hydrogens is 382 g/mol. The molecule has 2 fully saturated rings. The lowest BCUT2D eigenvalue weighted by Gasteiger charge is -2.39. The molecule has 1 saturated carbocycles. The van der Waals surface area contributed by atoms with Crippen LogP contribution < -0.4 is 9.44 Å². The Morgan fingerprint density at radius 1 is 1.18 bits per heavy atom. The van der Waals surface area contributed by atoms with Crippen molar-refractivity contribution in [2.45, 2.75) is 52.6 Å². The molecule has 0 spiro atoms. The van der Waals surface area contributed by atoms with E-state index in [1.165, 1.54) is 4.72 Å². The molecule has 1 heterocycles.